The third-order valence-corrected chi connectivity index (χ3v) is 4.26. The highest BCUT2D eigenvalue weighted by atomic mass is 35.5. The normalized spacial score (nSPS) is 16.7. The topological polar surface area (TPSA) is 64.9 Å². The van der Waals surface area contributed by atoms with Crippen LogP contribution in [0.3, 0.4) is 0 Å². The van der Waals surface area contributed by atoms with Crippen LogP contribution >= 0.6 is 12.4 Å². The van der Waals surface area contributed by atoms with E-state index < -0.39 is 0 Å². The highest BCUT2D eigenvalue weighted by molar-refractivity contribution is 5.85. The van der Waals surface area contributed by atoms with Crippen LogP contribution in [0.25, 0.3) is 11.4 Å². The van der Waals surface area contributed by atoms with Crippen LogP contribution in [-0.4, -0.2) is 16.7 Å². The maximum absolute atomic E-state index is 13.6. The van der Waals surface area contributed by atoms with E-state index in [9.17, 15) is 4.39 Å². The smallest absolute Gasteiger partial charge is 0.234 e. The molecule has 0 amide bonds. The number of halogens is 2. The fourth-order valence-corrected chi connectivity index (χ4v) is 2.85. The van der Waals surface area contributed by atoms with Gasteiger partial charge >= 0.3 is 0 Å². The fourth-order valence-electron chi connectivity index (χ4n) is 2.85. The highest BCUT2D eigenvalue weighted by Crippen LogP contribution is 2.39. The molecule has 1 saturated carbocycles. The van der Waals surface area contributed by atoms with Gasteiger partial charge in [-0.3, -0.25) is 0 Å². The second-order valence-corrected chi connectivity index (χ2v) is 5.58. The molecule has 4 nitrogen and oxygen atoms in total. The highest BCUT2D eigenvalue weighted by Gasteiger charge is 2.39. The quantitative estimate of drug-likeness (QED) is 0.943. The van der Waals surface area contributed by atoms with Gasteiger partial charge in [0.15, 0.2) is 0 Å². The molecule has 114 valence electrons. The molecule has 0 bridgehead atoms. The lowest BCUT2D eigenvalue weighted by molar-refractivity contribution is 0.284. The summed E-state index contributed by atoms with van der Waals surface area (Å²) in [5.41, 5.74) is 6.96. The molecule has 2 aromatic rings. The predicted octanol–water partition coefficient (Wildman–Crippen LogP) is 3.38. The Hall–Kier alpha value is -1.46. The first-order chi connectivity index (χ1) is 9.64. The van der Waals surface area contributed by atoms with E-state index in [1.54, 1.807) is 19.1 Å². The van der Waals surface area contributed by atoms with E-state index in [0.717, 1.165) is 25.7 Å². The molecule has 0 saturated heterocycles. The van der Waals surface area contributed by atoms with Gasteiger partial charge in [0, 0.05) is 12.1 Å². The van der Waals surface area contributed by atoms with Gasteiger partial charge in [-0.05, 0) is 31.4 Å². The standard InChI is InChI=1S/C15H18FN3O.ClH/c1-10-4-5-11(8-12(10)16)13-18-14(20-19-13)15(9-17)6-2-3-7-15;/h4-5,8H,2-3,6-7,9,17H2,1H3;1H. The summed E-state index contributed by atoms with van der Waals surface area (Å²) in [5.74, 6) is 0.760. The summed E-state index contributed by atoms with van der Waals surface area (Å²) in [6.45, 7) is 2.24. The molecule has 21 heavy (non-hydrogen) atoms. The summed E-state index contributed by atoms with van der Waals surface area (Å²) in [6.07, 6.45) is 4.23. The molecule has 0 radical (unpaired) electrons. The number of nitrogens with two attached hydrogens (primary N) is 1. The van der Waals surface area contributed by atoms with Crippen LogP contribution in [0.2, 0.25) is 0 Å². The van der Waals surface area contributed by atoms with Crippen molar-refractivity contribution < 1.29 is 8.91 Å². The molecule has 0 atom stereocenters. The third-order valence-electron chi connectivity index (χ3n) is 4.26. The van der Waals surface area contributed by atoms with Crippen molar-refractivity contribution in [2.24, 2.45) is 5.73 Å². The molecular formula is C15H19ClFN3O. The maximum atomic E-state index is 13.6. The number of hydrogen-bond donors (Lipinski definition) is 1. The molecule has 6 heteroatoms. The number of nitrogens with zero attached hydrogens (tertiary/aromatic N) is 2. The van der Waals surface area contributed by atoms with Crippen LogP contribution in [-0.2, 0) is 5.41 Å². The molecular weight excluding hydrogens is 293 g/mol. The average molecular weight is 312 g/mol. The van der Waals surface area contributed by atoms with Crippen LogP contribution in [0.4, 0.5) is 4.39 Å². The van der Waals surface area contributed by atoms with Crippen molar-refractivity contribution in [2.45, 2.75) is 38.0 Å². The Kier molecular flexibility index (Phi) is 4.64. The van der Waals surface area contributed by atoms with Crippen LogP contribution in [0.5, 0.6) is 0 Å². The Bertz CT molecular complexity index is 623. The minimum atomic E-state index is -0.261. The molecule has 1 aromatic heterocycles. The number of benzene rings is 1. The predicted molar refractivity (Wildman–Crippen MR) is 80.9 cm³/mol. The molecule has 0 unspecified atom stereocenters. The number of rotatable bonds is 3. The second-order valence-electron chi connectivity index (χ2n) is 5.58. The largest absolute Gasteiger partial charge is 0.338 e. The van der Waals surface area contributed by atoms with Crippen molar-refractivity contribution >= 4 is 12.4 Å². The summed E-state index contributed by atoms with van der Waals surface area (Å²) in [7, 11) is 0. The number of hydrogen-bond acceptors (Lipinski definition) is 4. The van der Waals surface area contributed by atoms with Gasteiger partial charge in [-0.2, -0.15) is 4.98 Å². The molecule has 2 N–H and O–H groups in total. The van der Waals surface area contributed by atoms with Crippen molar-refractivity contribution in [3.63, 3.8) is 0 Å². The summed E-state index contributed by atoms with van der Waals surface area (Å²) >= 11 is 0. The molecule has 1 fully saturated rings. The van der Waals surface area contributed by atoms with Crippen molar-refractivity contribution in [3.8, 4) is 11.4 Å². The van der Waals surface area contributed by atoms with Gasteiger partial charge in [0.2, 0.25) is 11.7 Å². The van der Waals surface area contributed by atoms with Gasteiger partial charge < -0.3 is 10.3 Å². The van der Waals surface area contributed by atoms with E-state index in [1.165, 1.54) is 6.07 Å². The number of aromatic nitrogens is 2. The van der Waals surface area contributed by atoms with Gasteiger partial charge in [-0.25, -0.2) is 4.39 Å². The first kappa shape index (κ1) is 15.9. The third kappa shape index (κ3) is 2.80. The fraction of sp³-hybridized carbons (Fsp3) is 0.467. The van der Waals surface area contributed by atoms with Crippen molar-refractivity contribution in [2.75, 3.05) is 6.54 Å². The zero-order chi connectivity index (χ0) is 14.2. The summed E-state index contributed by atoms with van der Waals surface area (Å²) in [6, 6.07) is 4.96. The van der Waals surface area contributed by atoms with Gasteiger partial charge in [-0.1, -0.05) is 30.1 Å². The van der Waals surface area contributed by atoms with Crippen molar-refractivity contribution in [1.29, 1.82) is 0 Å². The summed E-state index contributed by atoms with van der Waals surface area (Å²) in [4.78, 5) is 4.45. The van der Waals surface area contributed by atoms with E-state index in [0.29, 0.717) is 29.4 Å². The van der Waals surface area contributed by atoms with Crippen LogP contribution in [0, 0.1) is 12.7 Å². The molecule has 0 aliphatic heterocycles. The molecule has 1 heterocycles. The van der Waals surface area contributed by atoms with Gasteiger partial charge in [0.25, 0.3) is 0 Å². The Balaban J connectivity index is 0.00000161. The lowest BCUT2D eigenvalue weighted by Gasteiger charge is -2.21. The molecule has 1 aliphatic rings. The van der Waals surface area contributed by atoms with Crippen LogP contribution < -0.4 is 5.73 Å². The Morgan fingerprint density at radius 2 is 2.05 bits per heavy atom. The van der Waals surface area contributed by atoms with E-state index in [-0.39, 0.29) is 23.6 Å². The Morgan fingerprint density at radius 3 is 2.67 bits per heavy atom. The summed E-state index contributed by atoms with van der Waals surface area (Å²) < 4.78 is 19.0. The molecule has 0 spiro atoms. The summed E-state index contributed by atoms with van der Waals surface area (Å²) in [5, 5.41) is 3.99. The van der Waals surface area contributed by atoms with Crippen molar-refractivity contribution in [1.82, 2.24) is 10.1 Å². The number of aryl methyl sites for hydroxylation is 1. The first-order valence-electron chi connectivity index (χ1n) is 6.95. The van der Waals surface area contributed by atoms with Crippen LogP contribution in [0.1, 0.15) is 37.1 Å². The second kappa shape index (κ2) is 6.12. The van der Waals surface area contributed by atoms with Gasteiger partial charge in [0.05, 0.1) is 5.41 Å². The maximum Gasteiger partial charge on any atom is 0.234 e. The zero-order valence-electron chi connectivity index (χ0n) is 11.9. The zero-order valence-corrected chi connectivity index (χ0v) is 12.8. The monoisotopic (exact) mass is 311 g/mol. The minimum Gasteiger partial charge on any atom is -0.338 e. The van der Waals surface area contributed by atoms with Gasteiger partial charge in [0.1, 0.15) is 5.82 Å². The van der Waals surface area contributed by atoms with E-state index in [1.807, 2.05) is 0 Å². The first-order valence-corrected chi connectivity index (χ1v) is 6.95. The van der Waals surface area contributed by atoms with E-state index >= 15 is 0 Å². The van der Waals surface area contributed by atoms with Crippen molar-refractivity contribution in [3.05, 3.63) is 35.5 Å². The SMILES string of the molecule is Cc1ccc(-c2noc(C3(CN)CCCC3)n2)cc1F.Cl. The Labute approximate surface area is 129 Å². The van der Waals surface area contributed by atoms with Crippen LogP contribution in [0.15, 0.2) is 22.7 Å². The lowest BCUT2D eigenvalue weighted by Crippen LogP contribution is -2.32. The van der Waals surface area contributed by atoms with E-state index in [4.69, 9.17) is 10.3 Å². The molecule has 1 aromatic carbocycles. The molecule has 3 rings (SSSR count). The molecule has 1 aliphatic carbocycles. The van der Waals surface area contributed by atoms with E-state index in [2.05, 4.69) is 10.1 Å². The minimum absolute atomic E-state index is 0. The average Bonchev–Trinajstić information content (AvgIpc) is 3.10. The van der Waals surface area contributed by atoms with Gasteiger partial charge in [-0.15, -0.1) is 12.4 Å². The Morgan fingerprint density at radius 1 is 1.33 bits per heavy atom. The lowest BCUT2D eigenvalue weighted by atomic mass is 9.86.